The highest BCUT2D eigenvalue weighted by Crippen LogP contribution is 2.28. The molecule has 1 aromatic heterocycles. The molecule has 140 valence electrons. The minimum Gasteiger partial charge on any atom is -0.459 e. The molecule has 1 atom stereocenters. The minimum absolute atomic E-state index is 0.0663. The van der Waals surface area contributed by atoms with E-state index in [-0.39, 0.29) is 11.9 Å². The molecule has 0 aliphatic rings. The number of primary amides is 1. The standard InChI is InChI=1S/C21H23N3O3/c22-21(26)23-13-7-6-12-19(25)24-20(15-8-2-1-3-9-15)18-14-16-10-4-5-11-17(16)27-18/h1-5,8-11,14,20H,6-7,12-13H2,(H,24,25)(H3,22,23,26). The van der Waals surface area contributed by atoms with Crippen molar-refractivity contribution in [1.82, 2.24) is 10.6 Å². The van der Waals surface area contributed by atoms with Crippen LogP contribution in [-0.4, -0.2) is 18.5 Å². The van der Waals surface area contributed by atoms with E-state index in [2.05, 4.69) is 10.6 Å². The van der Waals surface area contributed by atoms with Crippen LogP contribution >= 0.6 is 0 Å². The van der Waals surface area contributed by atoms with Crippen LogP contribution in [0.4, 0.5) is 4.79 Å². The number of carbonyl (C=O) groups is 2. The molecule has 2 aromatic carbocycles. The van der Waals surface area contributed by atoms with Crippen LogP contribution in [0.2, 0.25) is 0 Å². The SMILES string of the molecule is NC(=O)NCCCCC(=O)NC(c1ccccc1)c1cc2ccccc2o1. The molecule has 0 radical (unpaired) electrons. The average molecular weight is 365 g/mol. The maximum absolute atomic E-state index is 12.4. The Kier molecular flexibility index (Phi) is 6.10. The molecule has 1 unspecified atom stereocenters. The number of fused-ring (bicyclic) bond motifs is 1. The van der Waals surface area contributed by atoms with Gasteiger partial charge in [-0.1, -0.05) is 48.5 Å². The summed E-state index contributed by atoms with van der Waals surface area (Å²) in [6.07, 6.45) is 1.72. The van der Waals surface area contributed by atoms with Crippen molar-refractivity contribution in [2.24, 2.45) is 5.73 Å². The largest absolute Gasteiger partial charge is 0.459 e. The van der Waals surface area contributed by atoms with Gasteiger partial charge < -0.3 is 20.8 Å². The van der Waals surface area contributed by atoms with Gasteiger partial charge in [0.2, 0.25) is 5.91 Å². The Bertz CT molecular complexity index is 872. The average Bonchev–Trinajstić information content (AvgIpc) is 3.10. The molecule has 3 aromatic rings. The lowest BCUT2D eigenvalue weighted by Gasteiger charge is -2.17. The van der Waals surface area contributed by atoms with Gasteiger partial charge in [-0.25, -0.2) is 4.79 Å². The monoisotopic (exact) mass is 365 g/mol. The number of rotatable bonds is 8. The summed E-state index contributed by atoms with van der Waals surface area (Å²) in [5, 5.41) is 6.58. The van der Waals surface area contributed by atoms with Crippen LogP contribution in [-0.2, 0) is 4.79 Å². The predicted molar refractivity (Wildman–Crippen MR) is 104 cm³/mol. The first-order valence-electron chi connectivity index (χ1n) is 8.99. The van der Waals surface area contributed by atoms with Crippen molar-refractivity contribution in [3.8, 4) is 0 Å². The Balaban J connectivity index is 1.69. The van der Waals surface area contributed by atoms with Crippen LogP contribution in [0.25, 0.3) is 11.0 Å². The van der Waals surface area contributed by atoms with Crippen molar-refractivity contribution >= 4 is 22.9 Å². The molecular weight excluding hydrogens is 342 g/mol. The smallest absolute Gasteiger partial charge is 0.312 e. The van der Waals surface area contributed by atoms with E-state index < -0.39 is 6.03 Å². The first-order valence-corrected chi connectivity index (χ1v) is 8.99. The molecule has 0 saturated carbocycles. The van der Waals surface area contributed by atoms with E-state index in [9.17, 15) is 9.59 Å². The number of urea groups is 1. The van der Waals surface area contributed by atoms with Gasteiger partial charge in [0, 0.05) is 18.4 Å². The lowest BCUT2D eigenvalue weighted by Crippen LogP contribution is -2.31. The van der Waals surface area contributed by atoms with Crippen LogP contribution in [0.15, 0.2) is 65.1 Å². The number of para-hydroxylation sites is 1. The second kappa shape index (κ2) is 8.89. The van der Waals surface area contributed by atoms with Crippen molar-refractivity contribution < 1.29 is 14.0 Å². The summed E-state index contributed by atoms with van der Waals surface area (Å²) in [5.74, 6) is 0.634. The van der Waals surface area contributed by atoms with Gasteiger partial charge in [0.15, 0.2) is 0 Å². The topological polar surface area (TPSA) is 97.4 Å². The molecule has 4 N–H and O–H groups in total. The van der Waals surface area contributed by atoms with E-state index in [4.69, 9.17) is 10.2 Å². The second-order valence-electron chi connectivity index (χ2n) is 6.35. The van der Waals surface area contributed by atoms with E-state index in [1.165, 1.54) is 0 Å². The molecule has 1 heterocycles. The van der Waals surface area contributed by atoms with E-state index in [1.807, 2.05) is 60.7 Å². The van der Waals surface area contributed by atoms with Gasteiger partial charge >= 0.3 is 6.03 Å². The highest BCUT2D eigenvalue weighted by atomic mass is 16.3. The normalized spacial score (nSPS) is 11.9. The van der Waals surface area contributed by atoms with Gasteiger partial charge in [-0.2, -0.15) is 0 Å². The van der Waals surface area contributed by atoms with Crippen molar-refractivity contribution in [3.05, 3.63) is 72.0 Å². The molecule has 0 spiro atoms. The fourth-order valence-corrected chi connectivity index (χ4v) is 2.96. The summed E-state index contributed by atoms with van der Waals surface area (Å²) in [7, 11) is 0. The minimum atomic E-state index is -0.548. The molecule has 6 heteroatoms. The zero-order valence-corrected chi connectivity index (χ0v) is 15.0. The fourth-order valence-electron chi connectivity index (χ4n) is 2.96. The molecule has 0 bridgehead atoms. The van der Waals surface area contributed by atoms with Crippen molar-refractivity contribution in [2.75, 3.05) is 6.54 Å². The number of nitrogens with two attached hydrogens (primary N) is 1. The van der Waals surface area contributed by atoms with Gasteiger partial charge in [0.1, 0.15) is 17.4 Å². The van der Waals surface area contributed by atoms with Crippen LogP contribution in [0.1, 0.15) is 36.6 Å². The van der Waals surface area contributed by atoms with Crippen LogP contribution < -0.4 is 16.4 Å². The number of furan rings is 1. The van der Waals surface area contributed by atoms with Crippen LogP contribution in [0.3, 0.4) is 0 Å². The van der Waals surface area contributed by atoms with E-state index in [1.54, 1.807) is 0 Å². The van der Waals surface area contributed by atoms with E-state index >= 15 is 0 Å². The number of carbonyl (C=O) groups excluding carboxylic acids is 2. The zero-order valence-electron chi connectivity index (χ0n) is 15.0. The molecule has 0 saturated heterocycles. The number of benzene rings is 2. The molecule has 3 amide bonds. The lowest BCUT2D eigenvalue weighted by atomic mass is 10.0. The van der Waals surface area contributed by atoms with Crippen molar-refractivity contribution in [2.45, 2.75) is 25.3 Å². The van der Waals surface area contributed by atoms with Crippen molar-refractivity contribution in [1.29, 1.82) is 0 Å². The Morgan fingerprint density at radius 3 is 2.48 bits per heavy atom. The third-order valence-electron chi connectivity index (χ3n) is 4.30. The molecule has 0 aliphatic heterocycles. The highest BCUT2D eigenvalue weighted by molar-refractivity contribution is 5.79. The molecule has 0 fully saturated rings. The Hall–Kier alpha value is -3.28. The maximum Gasteiger partial charge on any atom is 0.312 e. The van der Waals surface area contributed by atoms with Gasteiger partial charge in [0.25, 0.3) is 0 Å². The third-order valence-corrected chi connectivity index (χ3v) is 4.30. The van der Waals surface area contributed by atoms with Gasteiger partial charge in [-0.15, -0.1) is 0 Å². The molecule has 27 heavy (non-hydrogen) atoms. The van der Waals surface area contributed by atoms with Crippen LogP contribution in [0.5, 0.6) is 0 Å². The predicted octanol–water partition coefficient (Wildman–Crippen LogP) is 3.48. The van der Waals surface area contributed by atoms with Crippen molar-refractivity contribution in [3.63, 3.8) is 0 Å². The number of nitrogens with one attached hydrogen (secondary N) is 2. The third kappa shape index (κ3) is 5.10. The first-order chi connectivity index (χ1) is 13.1. The number of hydrogen-bond acceptors (Lipinski definition) is 3. The fraction of sp³-hybridized carbons (Fsp3) is 0.238. The summed E-state index contributed by atoms with van der Waals surface area (Å²) < 4.78 is 5.98. The molecular formula is C21H23N3O3. The summed E-state index contributed by atoms with van der Waals surface area (Å²) in [6, 6.07) is 18.6. The number of amides is 3. The number of hydrogen-bond donors (Lipinski definition) is 3. The summed E-state index contributed by atoms with van der Waals surface area (Å²) in [6.45, 7) is 0.467. The summed E-state index contributed by atoms with van der Waals surface area (Å²) in [5.41, 5.74) is 6.77. The number of unbranched alkanes of at least 4 members (excludes halogenated alkanes) is 1. The van der Waals surface area contributed by atoms with Crippen LogP contribution in [0, 0.1) is 0 Å². The molecule has 6 nitrogen and oxygen atoms in total. The Morgan fingerprint density at radius 2 is 1.74 bits per heavy atom. The zero-order chi connectivity index (χ0) is 19.1. The molecule has 3 rings (SSSR count). The van der Waals surface area contributed by atoms with E-state index in [0.717, 1.165) is 16.5 Å². The second-order valence-corrected chi connectivity index (χ2v) is 6.35. The first kappa shape index (κ1) is 18.5. The van der Waals surface area contributed by atoms with E-state index in [0.29, 0.717) is 31.6 Å². The van der Waals surface area contributed by atoms with Gasteiger partial charge in [-0.05, 0) is 30.5 Å². The summed E-state index contributed by atoms with van der Waals surface area (Å²) >= 11 is 0. The Labute approximate surface area is 157 Å². The summed E-state index contributed by atoms with van der Waals surface area (Å²) in [4.78, 5) is 23.1. The Morgan fingerprint density at radius 1 is 1.00 bits per heavy atom. The van der Waals surface area contributed by atoms with Gasteiger partial charge in [-0.3, -0.25) is 4.79 Å². The highest BCUT2D eigenvalue weighted by Gasteiger charge is 2.20. The quantitative estimate of drug-likeness (QED) is 0.533. The van der Waals surface area contributed by atoms with Gasteiger partial charge in [0.05, 0.1) is 0 Å². The lowest BCUT2D eigenvalue weighted by molar-refractivity contribution is -0.121. The molecule has 0 aliphatic carbocycles. The maximum atomic E-state index is 12.4.